The number of benzene rings is 2. The number of carbonyl (C=O) groups is 1. The fourth-order valence-electron chi connectivity index (χ4n) is 3.52. The van der Waals surface area contributed by atoms with Gasteiger partial charge in [-0.05, 0) is 66.5 Å². The zero-order valence-electron chi connectivity index (χ0n) is 18.4. The third-order valence-corrected chi connectivity index (χ3v) is 6.48. The predicted molar refractivity (Wildman–Crippen MR) is 134 cm³/mol. The van der Waals surface area contributed by atoms with Gasteiger partial charge in [-0.2, -0.15) is 0 Å². The molecule has 0 saturated carbocycles. The smallest absolute Gasteiger partial charge is 0.262 e. The average Bonchev–Trinajstić information content (AvgIpc) is 2.73. The Morgan fingerprint density at radius 2 is 1.97 bits per heavy atom. The molecule has 1 saturated heterocycles. The van der Waals surface area contributed by atoms with Crippen molar-refractivity contribution in [2.75, 3.05) is 32.1 Å². The monoisotopic (exact) mass is 540 g/mol. The van der Waals surface area contributed by atoms with Crippen molar-refractivity contribution in [1.82, 2.24) is 4.90 Å². The predicted octanol–water partition coefficient (Wildman–Crippen LogP) is 5.22. The average molecular weight is 542 g/mol. The van der Waals surface area contributed by atoms with Crippen LogP contribution in [-0.2, 0) is 9.53 Å². The van der Waals surface area contributed by atoms with E-state index in [0.717, 1.165) is 24.2 Å². The molecule has 6 nitrogen and oxygen atoms in total. The van der Waals surface area contributed by atoms with Crippen LogP contribution in [0.1, 0.15) is 25.0 Å². The van der Waals surface area contributed by atoms with E-state index in [4.69, 9.17) is 38.0 Å². The standard InChI is InChI=1S/C23H26BrClN2O4S/c1-13-5-6-17(9-19(13)25)26-21(28)12-30-22-18(24)7-16(8-20(22)29-4)23(32)27-10-14(2)31-15(3)11-27/h5-9,14-15H,10-12H2,1-4H3,(H,26,28)/t14-,15-/m0/s1. The number of hydrogen-bond acceptors (Lipinski definition) is 5. The molecule has 0 aliphatic carbocycles. The normalized spacial score (nSPS) is 18.2. The van der Waals surface area contributed by atoms with E-state index in [-0.39, 0.29) is 24.7 Å². The maximum Gasteiger partial charge on any atom is 0.262 e. The van der Waals surface area contributed by atoms with Gasteiger partial charge in [0.2, 0.25) is 0 Å². The summed E-state index contributed by atoms with van der Waals surface area (Å²) in [5, 5.41) is 3.36. The molecule has 1 amide bonds. The van der Waals surface area contributed by atoms with Crippen molar-refractivity contribution in [1.29, 1.82) is 0 Å². The fraction of sp³-hybridized carbons (Fsp3) is 0.391. The summed E-state index contributed by atoms with van der Waals surface area (Å²) in [6, 6.07) is 9.04. The number of nitrogens with zero attached hydrogens (tertiary/aromatic N) is 1. The van der Waals surface area contributed by atoms with Crippen LogP contribution in [0, 0.1) is 6.92 Å². The molecule has 1 aliphatic heterocycles. The minimum Gasteiger partial charge on any atom is -0.493 e. The van der Waals surface area contributed by atoms with E-state index in [2.05, 4.69) is 26.1 Å². The van der Waals surface area contributed by atoms with Gasteiger partial charge in [-0.15, -0.1) is 0 Å². The molecule has 0 bridgehead atoms. The topological polar surface area (TPSA) is 60.0 Å². The number of rotatable bonds is 6. The van der Waals surface area contributed by atoms with Gasteiger partial charge in [0.15, 0.2) is 18.1 Å². The highest BCUT2D eigenvalue weighted by atomic mass is 79.9. The summed E-state index contributed by atoms with van der Waals surface area (Å²) in [7, 11) is 1.55. The van der Waals surface area contributed by atoms with Gasteiger partial charge in [0.1, 0.15) is 4.99 Å². The molecule has 0 spiro atoms. The molecule has 3 rings (SSSR count). The van der Waals surface area contributed by atoms with Crippen molar-refractivity contribution < 1.29 is 19.0 Å². The van der Waals surface area contributed by atoms with E-state index in [1.807, 2.05) is 39.0 Å². The number of aryl methyl sites for hydroxylation is 1. The van der Waals surface area contributed by atoms with Gasteiger partial charge >= 0.3 is 0 Å². The van der Waals surface area contributed by atoms with Crippen LogP contribution in [0.4, 0.5) is 5.69 Å². The van der Waals surface area contributed by atoms with E-state index in [1.165, 1.54) is 0 Å². The minimum absolute atomic E-state index is 0.103. The van der Waals surface area contributed by atoms with E-state index in [0.29, 0.717) is 31.7 Å². The first-order chi connectivity index (χ1) is 15.2. The second-order valence-corrected chi connectivity index (χ2v) is 9.41. The molecule has 1 N–H and O–H groups in total. The van der Waals surface area contributed by atoms with Crippen molar-refractivity contribution >= 4 is 56.3 Å². The van der Waals surface area contributed by atoms with Gasteiger partial charge in [0.25, 0.3) is 5.91 Å². The molecule has 2 atom stereocenters. The van der Waals surface area contributed by atoms with E-state index < -0.39 is 0 Å². The number of halogens is 2. The lowest BCUT2D eigenvalue weighted by molar-refractivity contribution is -0.118. The molecule has 1 aliphatic rings. The molecule has 2 aromatic rings. The summed E-state index contributed by atoms with van der Waals surface area (Å²) in [6.45, 7) is 7.23. The summed E-state index contributed by atoms with van der Waals surface area (Å²) in [5.74, 6) is 0.604. The summed E-state index contributed by atoms with van der Waals surface area (Å²) < 4.78 is 17.7. The Bertz CT molecular complexity index is 1010. The van der Waals surface area contributed by atoms with Gasteiger partial charge in [-0.1, -0.05) is 29.9 Å². The third-order valence-electron chi connectivity index (χ3n) is 4.99. The van der Waals surface area contributed by atoms with Crippen molar-refractivity contribution in [3.63, 3.8) is 0 Å². The number of nitrogens with one attached hydrogen (secondary N) is 1. The van der Waals surface area contributed by atoms with Crippen molar-refractivity contribution in [2.45, 2.75) is 33.0 Å². The van der Waals surface area contributed by atoms with Crippen molar-refractivity contribution in [3.8, 4) is 11.5 Å². The van der Waals surface area contributed by atoms with Crippen LogP contribution in [0.2, 0.25) is 5.02 Å². The fourth-order valence-corrected chi connectivity index (χ4v) is 4.52. The number of hydrogen-bond donors (Lipinski definition) is 1. The summed E-state index contributed by atoms with van der Waals surface area (Å²) in [6.07, 6.45) is 0.207. The highest BCUT2D eigenvalue weighted by molar-refractivity contribution is 9.10. The first-order valence-corrected chi connectivity index (χ1v) is 11.8. The van der Waals surface area contributed by atoms with Crippen LogP contribution in [-0.4, -0.2) is 54.8 Å². The van der Waals surface area contributed by atoms with Crippen LogP contribution in [0.3, 0.4) is 0 Å². The largest absolute Gasteiger partial charge is 0.493 e. The molecule has 0 radical (unpaired) electrons. The molecular weight excluding hydrogens is 516 g/mol. The van der Waals surface area contributed by atoms with Crippen LogP contribution in [0.15, 0.2) is 34.8 Å². The van der Waals surface area contributed by atoms with Gasteiger partial charge in [0, 0.05) is 29.4 Å². The zero-order valence-corrected chi connectivity index (χ0v) is 21.6. The van der Waals surface area contributed by atoms with Crippen molar-refractivity contribution in [3.05, 3.63) is 51.0 Å². The highest BCUT2D eigenvalue weighted by Crippen LogP contribution is 2.37. The Morgan fingerprint density at radius 3 is 2.59 bits per heavy atom. The number of ether oxygens (including phenoxy) is 3. The molecule has 0 aromatic heterocycles. The van der Waals surface area contributed by atoms with Crippen LogP contribution >= 0.6 is 39.7 Å². The molecule has 2 aromatic carbocycles. The summed E-state index contributed by atoms with van der Waals surface area (Å²) in [5.41, 5.74) is 2.37. The Kier molecular flexibility index (Phi) is 8.38. The number of morpholine rings is 1. The lowest BCUT2D eigenvalue weighted by atomic mass is 10.1. The minimum atomic E-state index is -0.310. The maximum atomic E-state index is 12.4. The molecular formula is C23H26BrClN2O4S. The Hall–Kier alpha value is -1.87. The van der Waals surface area contributed by atoms with Gasteiger partial charge < -0.3 is 24.4 Å². The summed E-state index contributed by atoms with van der Waals surface area (Å²) in [4.78, 5) is 15.2. The SMILES string of the molecule is COc1cc(C(=S)N2C[C@H](C)O[C@@H](C)C2)cc(Br)c1OCC(=O)Nc1ccc(C)c(Cl)c1. The van der Waals surface area contributed by atoms with Crippen molar-refractivity contribution in [2.24, 2.45) is 0 Å². The molecule has 32 heavy (non-hydrogen) atoms. The number of carbonyl (C=O) groups excluding carboxylic acids is 1. The van der Waals surface area contributed by atoms with E-state index >= 15 is 0 Å². The first kappa shape index (κ1) is 24.8. The number of thiocarbonyl (C=S) groups is 1. The van der Waals surface area contributed by atoms with Gasteiger partial charge in [0.05, 0.1) is 23.8 Å². The molecule has 172 valence electrons. The number of amides is 1. The maximum absolute atomic E-state index is 12.4. The summed E-state index contributed by atoms with van der Waals surface area (Å²) >= 11 is 15.4. The third kappa shape index (κ3) is 6.13. The van der Waals surface area contributed by atoms with E-state index in [9.17, 15) is 4.79 Å². The van der Waals surface area contributed by atoms with Crippen LogP contribution in [0.25, 0.3) is 0 Å². The second-order valence-electron chi connectivity index (χ2n) is 7.76. The number of anilines is 1. The number of methoxy groups -OCH3 is 1. The quantitative estimate of drug-likeness (QED) is 0.506. The van der Waals surface area contributed by atoms with Gasteiger partial charge in [-0.3, -0.25) is 4.79 Å². The van der Waals surface area contributed by atoms with Crippen LogP contribution in [0.5, 0.6) is 11.5 Å². The Labute approximate surface area is 207 Å². The van der Waals surface area contributed by atoms with Crippen LogP contribution < -0.4 is 14.8 Å². The lowest BCUT2D eigenvalue weighted by Gasteiger charge is -2.37. The zero-order chi connectivity index (χ0) is 23.4. The van der Waals surface area contributed by atoms with E-state index in [1.54, 1.807) is 19.2 Å². The molecule has 0 unspecified atom stereocenters. The molecule has 1 fully saturated rings. The highest BCUT2D eigenvalue weighted by Gasteiger charge is 2.25. The van der Waals surface area contributed by atoms with Gasteiger partial charge in [-0.25, -0.2) is 0 Å². The Morgan fingerprint density at radius 1 is 1.28 bits per heavy atom. The second kappa shape index (κ2) is 10.8. The first-order valence-electron chi connectivity index (χ1n) is 10.2. The molecule has 1 heterocycles. The lowest BCUT2D eigenvalue weighted by Crippen LogP contribution is -2.47. The Balaban J connectivity index is 1.70. The molecule has 9 heteroatoms.